The van der Waals surface area contributed by atoms with Crippen molar-refractivity contribution >= 4 is 23.2 Å². The molecule has 4 heterocycles. The molecule has 25 heavy (non-hydrogen) atoms. The van der Waals surface area contributed by atoms with Crippen LogP contribution in [-0.2, 0) is 4.79 Å². The number of aromatic nitrogens is 2. The highest BCUT2D eigenvalue weighted by molar-refractivity contribution is 6.06. The average molecular weight is 345 g/mol. The van der Waals surface area contributed by atoms with Gasteiger partial charge >= 0.3 is 0 Å². The van der Waals surface area contributed by atoms with Gasteiger partial charge in [-0.1, -0.05) is 0 Å². The van der Waals surface area contributed by atoms with Crippen LogP contribution in [0.1, 0.15) is 29.8 Å². The number of benzene rings is 1. The maximum Gasteiger partial charge on any atom is 0.290 e. The number of Topliss-reactive ketones (excluding diaryl/α,β-unsaturated/α-hetero) is 1. The molecule has 0 aliphatic carbocycles. The maximum absolute atomic E-state index is 12.7. The number of fused-ring (bicyclic) bond motifs is 4. The summed E-state index contributed by atoms with van der Waals surface area (Å²) in [7, 11) is 1.63. The molecular formula is C18H23N3O4. The fourth-order valence-electron chi connectivity index (χ4n) is 3.99. The van der Waals surface area contributed by atoms with E-state index in [1.54, 1.807) is 7.11 Å². The maximum atomic E-state index is 12.7. The summed E-state index contributed by atoms with van der Waals surface area (Å²) in [4.78, 5) is 23.6. The van der Waals surface area contributed by atoms with E-state index in [2.05, 4.69) is 15.1 Å². The number of hydrogen-bond donors (Lipinski definition) is 2. The van der Waals surface area contributed by atoms with Crippen LogP contribution in [0.4, 0.5) is 0 Å². The highest BCUT2D eigenvalue weighted by atomic mass is 16.5. The molecule has 0 radical (unpaired) electrons. The lowest BCUT2D eigenvalue weighted by molar-refractivity contribution is -0.122. The van der Waals surface area contributed by atoms with Crippen molar-refractivity contribution in [2.45, 2.75) is 19.3 Å². The SMILES string of the molecule is COc1ccc2[nH]nc(C(=O)C[C@H]3CN4CCC3CC4)c2c1.O=CO. The molecule has 7 heteroatoms. The number of nitrogens with zero attached hydrogens (tertiary/aromatic N) is 2. The Bertz CT molecular complexity index is 750. The summed E-state index contributed by atoms with van der Waals surface area (Å²) in [6.07, 6.45) is 3.10. The second kappa shape index (κ2) is 7.65. The minimum atomic E-state index is -0.250. The molecule has 3 aliphatic rings. The van der Waals surface area contributed by atoms with Crippen molar-refractivity contribution < 1.29 is 19.4 Å². The molecule has 3 fully saturated rings. The lowest BCUT2D eigenvalue weighted by Crippen LogP contribution is -2.47. The molecule has 0 saturated carbocycles. The van der Waals surface area contributed by atoms with Gasteiger partial charge in [-0.2, -0.15) is 5.10 Å². The van der Waals surface area contributed by atoms with Gasteiger partial charge in [0.25, 0.3) is 6.47 Å². The number of nitrogens with one attached hydrogen (secondary N) is 1. The van der Waals surface area contributed by atoms with Crippen molar-refractivity contribution in [3.8, 4) is 5.75 Å². The number of carboxylic acid groups (broad SMARTS) is 1. The lowest BCUT2D eigenvalue weighted by atomic mass is 9.76. The Kier molecular flexibility index (Phi) is 5.33. The average Bonchev–Trinajstić information content (AvgIpc) is 3.06. The van der Waals surface area contributed by atoms with Gasteiger partial charge in [0.2, 0.25) is 0 Å². The van der Waals surface area contributed by atoms with E-state index >= 15 is 0 Å². The number of aromatic amines is 1. The van der Waals surface area contributed by atoms with Gasteiger partial charge < -0.3 is 14.7 Å². The predicted octanol–water partition coefficient (Wildman–Crippen LogP) is 2.19. The third kappa shape index (κ3) is 3.66. The Labute approximate surface area is 146 Å². The summed E-state index contributed by atoms with van der Waals surface area (Å²) in [5.74, 6) is 2.12. The van der Waals surface area contributed by atoms with Crippen LogP contribution < -0.4 is 4.74 Å². The molecule has 0 unspecified atom stereocenters. The second-order valence-electron chi connectivity index (χ2n) is 6.61. The molecule has 7 nitrogen and oxygen atoms in total. The normalized spacial score (nSPS) is 24.4. The summed E-state index contributed by atoms with van der Waals surface area (Å²) in [6, 6.07) is 5.68. The number of methoxy groups -OCH3 is 1. The first-order chi connectivity index (χ1) is 12.2. The Hall–Kier alpha value is -2.41. The molecule has 2 N–H and O–H groups in total. The summed E-state index contributed by atoms with van der Waals surface area (Å²) >= 11 is 0. The zero-order valence-corrected chi connectivity index (χ0v) is 14.3. The largest absolute Gasteiger partial charge is 0.497 e. The molecule has 1 aromatic carbocycles. The van der Waals surface area contributed by atoms with Crippen LogP contribution in [0.3, 0.4) is 0 Å². The molecule has 2 bridgehead atoms. The highest BCUT2D eigenvalue weighted by Crippen LogP contribution is 2.35. The first-order valence-electron chi connectivity index (χ1n) is 8.51. The summed E-state index contributed by atoms with van der Waals surface area (Å²) in [5, 5.41) is 15.0. The van der Waals surface area contributed by atoms with Gasteiger partial charge in [-0.25, -0.2) is 0 Å². The number of H-pyrrole nitrogens is 1. The Morgan fingerprint density at radius 2 is 2.16 bits per heavy atom. The quantitative estimate of drug-likeness (QED) is 0.651. The zero-order valence-electron chi connectivity index (χ0n) is 14.3. The van der Waals surface area contributed by atoms with Crippen LogP contribution in [0.5, 0.6) is 5.75 Å². The molecule has 3 saturated heterocycles. The molecule has 1 atom stereocenters. The van der Waals surface area contributed by atoms with Crippen molar-refractivity contribution in [1.82, 2.24) is 15.1 Å². The Morgan fingerprint density at radius 3 is 2.76 bits per heavy atom. The van der Waals surface area contributed by atoms with Crippen molar-refractivity contribution in [2.24, 2.45) is 11.8 Å². The summed E-state index contributed by atoms with van der Waals surface area (Å²) < 4.78 is 5.26. The van der Waals surface area contributed by atoms with Crippen LogP contribution in [0.15, 0.2) is 18.2 Å². The standard InChI is InChI=1S/C17H21N3O2.CH2O2/c1-22-13-2-3-15-14(9-13)17(19-18-15)16(21)8-12-10-20-6-4-11(12)5-7-20;2-1-3/h2-3,9,11-12H,4-8,10H2,1H3,(H,18,19);1H,(H,2,3)/t12-;/m0./s1. The van der Waals surface area contributed by atoms with Crippen LogP contribution in [0, 0.1) is 11.8 Å². The van der Waals surface area contributed by atoms with E-state index in [0.717, 1.165) is 23.2 Å². The lowest BCUT2D eigenvalue weighted by Gasteiger charge is -2.44. The molecule has 0 spiro atoms. The predicted molar refractivity (Wildman–Crippen MR) is 92.9 cm³/mol. The van der Waals surface area contributed by atoms with E-state index in [0.29, 0.717) is 24.0 Å². The van der Waals surface area contributed by atoms with Crippen molar-refractivity contribution in [2.75, 3.05) is 26.7 Å². The summed E-state index contributed by atoms with van der Waals surface area (Å²) in [5.41, 5.74) is 1.45. The fraction of sp³-hybridized carbons (Fsp3) is 0.500. The second-order valence-corrected chi connectivity index (χ2v) is 6.61. The van der Waals surface area contributed by atoms with Crippen LogP contribution in [0.2, 0.25) is 0 Å². The first kappa shape index (κ1) is 17.4. The zero-order chi connectivity index (χ0) is 17.8. The molecule has 3 aliphatic heterocycles. The van der Waals surface area contributed by atoms with E-state index in [1.165, 1.54) is 25.9 Å². The van der Waals surface area contributed by atoms with E-state index in [4.69, 9.17) is 14.6 Å². The van der Waals surface area contributed by atoms with Crippen LogP contribution in [0.25, 0.3) is 10.9 Å². The topological polar surface area (TPSA) is 95.5 Å². The smallest absolute Gasteiger partial charge is 0.290 e. The molecule has 0 amide bonds. The molecular weight excluding hydrogens is 322 g/mol. The van der Waals surface area contributed by atoms with Crippen LogP contribution in [-0.4, -0.2) is 59.2 Å². The first-order valence-corrected chi connectivity index (χ1v) is 8.51. The van der Waals surface area contributed by atoms with E-state index in [-0.39, 0.29) is 12.3 Å². The van der Waals surface area contributed by atoms with Gasteiger partial charge in [0.05, 0.1) is 12.6 Å². The monoisotopic (exact) mass is 345 g/mol. The summed E-state index contributed by atoms with van der Waals surface area (Å²) in [6.45, 7) is 3.23. The number of rotatable bonds is 4. The number of carbonyl (C=O) groups is 2. The minimum absolute atomic E-state index is 0.151. The Morgan fingerprint density at radius 1 is 1.44 bits per heavy atom. The number of piperidine rings is 3. The van der Waals surface area contributed by atoms with E-state index in [9.17, 15) is 4.79 Å². The third-order valence-corrected chi connectivity index (χ3v) is 5.27. The van der Waals surface area contributed by atoms with Gasteiger partial charge in [-0.05, 0) is 56.0 Å². The fourth-order valence-corrected chi connectivity index (χ4v) is 3.99. The van der Waals surface area contributed by atoms with Gasteiger partial charge in [0, 0.05) is 18.4 Å². The van der Waals surface area contributed by atoms with Gasteiger partial charge in [-0.3, -0.25) is 14.7 Å². The van der Waals surface area contributed by atoms with Crippen molar-refractivity contribution in [3.05, 3.63) is 23.9 Å². The van der Waals surface area contributed by atoms with E-state index < -0.39 is 0 Å². The minimum Gasteiger partial charge on any atom is -0.497 e. The number of ether oxygens (including phenoxy) is 1. The van der Waals surface area contributed by atoms with Gasteiger partial charge in [-0.15, -0.1) is 0 Å². The number of ketones is 1. The van der Waals surface area contributed by atoms with Crippen molar-refractivity contribution in [1.29, 1.82) is 0 Å². The Balaban J connectivity index is 0.000000569. The van der Waals surface area contributed by atoms with Gasteiger partial charge in [0.15, 0.2) is 5.78 Å². The van der Waals surface area contributed by atoms with Crippen LogP contribution >= 0.6 is 0 Å². The highest BCUT2D eigenvalue weighted by Gasteiger charge is 2.35. The molecule has 5 rings (SSSR count). The van der Waals surface area contributed by atoms with E-state index in [1.807, 2.05) is 18.2 Å². The molecule has 1 aromatic heterocycles. The van der Waals surface area contributed by atoms with Crippen molar-refractivity contribution in [3.63, 3.8) is 0 Å². The third-order valence-electron chi connectivity index (χ3n) is 5.27. The number of hydrogen-bond acceptors (Lipinski definition) is 5. The molecule has 2 aromatic rings. The number of carbonyl (C=O) groups excluding carboxylic acids is 1. The van der Waals surface area contributed by atoms with Gasteiger partial charge in [0.1, 0.15) is 11.4 Å². The molecule has 134 valence electrons.